The van der Waals surface area contributed by atoms with Crippen LogP contribution in [0.15, 0.2) is 48.5 Å². The lowest BCUT2D eigenvalue weighted by atomic mass is 10.2. The van der Waals surface area contributed by atoms with Gasteiger partial charge in [-0.15, -0.1) is 22.7 Å². The van der Waals surface area contributed by atoms with Crippen molar-refractivity contribution in [1.29, 1.82) is 0 Å². The van der Waals surface area contributed by atoms with Crippen LogP contribution in [0.3, 0.4) is 0 Å². The summed E-state index contributed by atoms with van der Waals surface area (Å²) >= 11 is 9.14. The molecule has 0 amide bonds. The maximum atomic E-state index is 5.59. The molecular weight excluding hydrogens is 276 g/mol. The molecule has 2 aromatic heterocycles. The van der Waals surface area contributed by atoms with Gasteiger partial charge in [0.05, 0.1) is 3.82 Å². The molecule has 0 bridgehead atoms. The van der Waals surface area contributed by atoms with E-state index < -0.39 is 0 Å². The van der Waals surface area contributed by atoms with Crippen molar-refractivity contribution in [2.75, 3.05) is 0 Å². The third-order valence-corrected chi connectivity index (χ3v) is 5.76. The SMILES string of the molecule is S=c1sc2ccccc2c2sc3ccccc3c12. The van der Waals surface area contributed by atoms with Gasteiger partial charge in [-0.05, 0) is 12.1 Å². The molecule has 0 aliphatic heterocycles. The van der Waals surface area contributed by atoms with E-state index in [1.807, 2.05) is 11.3 Å². The van der Waals surface area contributed by atoms with E-state index in [0.717, 1.165) is 3.82 Å². The van der Waals surface area contributed by atoms with Crippen LogP contribution < -0.4 is 0 Å². The highest BCUT2D eigenvalue weighted by Crippen LogP contribution is 2.40. The standard InChI is InChI=1S/C15H8S3/c16-15-13-9-5-1-3-7-11(9)17-14(13)10-6-2-4-8-12(10)18-15/h1-8H. The second-order valence-corrected chi connectivity index (χ2v) is 6.96. The van der Waals surface area contributed by atoms with Crippen LogP contribution in [0, 0.1) is 3.82 Å². The van der Waals surface area contributed by atoms with Crippen molar-refractivity contribution in [3.05, 3.63) is 52.4 Å². The van der Waals surface area contributed by atoms with Gasteiger partial charge < -0.3 is 0 Å². The third-order valence-electron chi connectivity index (χ3n) is 3.13. The lowest BCUT2D eigenvalue weighted by molar-refractivity contribution is 1.86. The van der Waals surface area contributed by atoms with E-state index in [1.165, 1.54) is 30.3 Å². The van der Waals surface area contributed by atoms with Gasteiger partial charge in [-0.2, -0.15) is 0 Å². The van der Waals surface area contributed by atoms with Crippen LogP contribution in [0.5, 0.6) is 0 Å². The van der Waals surface area contributed by atoms with Gasteiger partial charge in [-0.1, -0.05) is 48.6 Å². The molecule has 0 nitrogen and oxygen atoms in total. The van der Waals surface area contributed by atoms with Gasteiger partial charge in [0.15, 0.2) is 0 Å². The Balaban J connectivity index is 2.42. The molecule has 0 N–H and O–H groups in total. The van der Waals surface area contributed by atoms with Crippen molar-refractivity contribution in [1.82, 2.24) is 0 Å². The Kier molecular flexibility index (Phi) is 2.27. The van der Waals surface area contributed by atoms with Crippen LogP contribution in [0.1, 0.15) is 0 Å². The smallest absolute Gasteiger partial charge is 0.0998 e. The minimum atomic E-state index is 1.00. The number of rotatable bonds is 0. The van der Waals surface area contributed by atoms with E-state index in [9.17, 15) is 0 Å². The van der Waals surface area contributed by atoms with Gasteiger partial charge in [0.25, 0.3) is 0 Å². The molecule has 3 heteroatoms. The molecule has 0 radical (unpaired) electrons. The Morgan fingerprint density at radius 1 is 0.722 bits per heavy atom. The molecule has 0 aliphatic carbocycles. The zero-order valence-electron chi connectivity index (χ0n) is 9.34. The van der Waals surface area contributed by atoms with Gasteiger partial charge >= 0.3 is 0 Å². The van der Waals surface area contributed by atoms with Gasteiger partial charge in [0.2, 0.25) is 0 Å². The first-order valence-electron chi connectivity index (χ1n) is 5.68. The monoisotopic (exact) mass is 284 g/mol. The summed E-state index contributed by atoms with van der Waals surface area (Å²) in [6.07, 6.45) is 0. The lowest BCUT2D eigenvalue weighted by Crippen LogP contribution is -1.71. The summed E-state index contributed by atoms with van der Waals surface area (Å²) in [6, 6.07) is 17.0. The van der Waals surface area contributed by atoms with Crippen LogP contribution in [0.4, 0.5) is 0 Å². The maximum Gasteiger partial charge on any atom is 0.0998 e. The van der Waals surface area contributed by atoms with Crippen molar-refractivity contribution in [3.8, 4) is 0 Å². The van der Waals surface area contributed by atoms with Gasteiger partial charge in [0.1, 0.15) is 0 Å². The molecule has 0 unspecified atom stereocenters. The van der Waals surface area contributed by atoms with E-state index in [-0.39, 0.29) is 0 Å². The van der Waals surface area contributed by atoms with E-state index in [1.54, 1.807) is 11.3 Å². The average molecular weight is 284 g/mol. The zero-order chi connectivity index (χ0) is 12.1. The average Bonchev–Trinajstić information content (AvgIpc) is 2.79. The fourth-order valence-corrected chi connectivity index (χ4v) is 5.20. The van der Waals surface area contributed by atoms with Crippen LogP contribution in [0.2, 0.25) is 0 Å². The summed E-state index contributed by atoms with van der Waals surface area (Å²) in [4.78, 5) is 0. The Morgan fingerprint density at radius 2 is 1.33 bits per heavy atom. The largest absolute Gasteiger partial charge is 0.134 e. The first-order valence-corrected chi connectivity index (χ1v) is 7.72. The molecule has 0 fully saturated rings. The molecule has 4 rings (SSSR count). The molecule has 2 heterocycles. The fourth-order valence-electron chi connectivity index (χ4n) is 2.33. The van der Waals surface area contributed by atoms with Crippen molar-refractivity contribution in [2.24, 2.45) is 0 Å². The molecular formula is C15H8S3. The van der Waals surface area contributed by atoms with Crippen LogP contribution >= 0.6 is 34.9 Å². The lowest BCUT2D eigenvalue weighted by Gasteiger charge is -1.98. The van der Waals surface area contributed by atoms with Gasteiger partial charge in [-0.25, -0.2) is 0 Å². The summed E-state index contributed by atoms with van der Waals surface area (Å²) in [7, 11) is 0. The Hall–Kier alpha value is -1.29. The molecule has 0 saturated heterocycles. The van der Waals surface area contributed by atoms with Gasteiger partial charge in [0, 0.05) is 30.3 Å². The second-order valence-electron chi connectivity index (χ2n) is 4.19. The number of fused-ring (bicyclic) bond motifs is 5. The fraction of sp³-hybridized carbons (Fsp3) is 0. The van der Waals surface area contributed by atoms with Crippen LogP contribution in [-0.2, 0) is 0 Å². The van der Waals surface area contributed by atoms with Crippen molar-refractivity contribution < 1.29 is 0 Å². The number of benzene rings is 2. The highest BCUT2D eigenvalue weighted by molar-refractivity contribution is 7.74. The zero-order valence-corrected chi connectivity index (χ0v) is 11.8. The number of hydrogen-bond acceptors (Lipinski definition) is 3. The second kappa shape index (κ2) is 3.85. The van der Waals surface area contributed by atoms with Crippen LogP contribution in [0.25, 0.3) is 30.3 Å². The quantitative estimate of drug-likeness (QED) is 0.357. The normalized spacial score (nSPS) is 11.6. The van der Waals surface area contributed by atoms with E-state index in [2.05, 4.69) is 48.5 Å². The Bertz CT molecular complexity index is 944. The van der Waals surface area contributed by atoms with Crippen molar-refractivity contribution in [3.63, 3.8) is 0 Å². The van der Waals surface area contributed by atoms with E-state index in [4.69, 9.17) is 12.2 Å². The van der Waals surface area contributed by atoms with Gasteiger partial charge in [-0.3, -0.25) is 0 Å². The first kappa shape index (κ1) is 10.6. The molecule has 0 spiro atoms. The Morgan fingerprint density at radius 3 is 2.11 bits per heavy atom. The molecule has 4 aromatic rings. The maximum absolute atomic E-state index is 5.59. The first-order chi connectivity index (χ1) is 8.84. The number of hydrogen-bond donors (Lipinski definition) is 0. The third kappa shape index (κ3) is 1.38. The van der Waals surface area contributed by atoms with Crippen molar-refractivity contribution in [2.45, 2.75) is 0 Å². The summed E-state index contributed by atoms with van der Waals surface area (Å²) in [5, 5.41) is 3.88. The van der Waals surface area contributed by atoms with E-state index in [0.29, 0.717) is 0 Å². The molecule has 18 heavy (non-hydrogen) atoms. The Labute approximate surface area is 117 Å². The molecule has 2 aromatic carbocycles. The summed E-state index contributed by atoms with van der Waals surface area (Å²) in [5.41, 5.74) is 0. The highest BCUT2D eigenvalue weighted by atomic mass is 32.1. The van der Waals surface area contributed by atoms with Crippen molar-refractivity contribution >= 4 is 65.1 Å². The topological polar surface area (TPSA) is 0 Å². The van der Waals surface area contributed by atoms with E-state index >= 15 is 0 Å². The highest BCUT2D eigenvalue weighted by Gasteiger charge is 2.09. The predicted octanol–water partition coefficient (Wildman–Crippen LogP) is 6.00. The molecule has 0 saturated carbocycles. The molecule has 0 aliphatic rings. The molecule has 86 valence electrons. The minimum absolute atomic E-state index is 1.00. The number of thiophene rings is 1. The minimum Gasteiger partial charge on any atom is -0.134 e. The summed E-state index contributed by atoms with van der Waals surface area (Å²) in [5.74, 6) is 0. The summed E-state index contributed by atoms with van der Waals surface area (Å²) < 4.78 is 4.93. The molecule has 0 atom stereocenters. The summed E-state index contributed by atoms with van der Waals surface area (Å²) in [6.45, 7) is 0. The van der Waals surface area contributed by atoms with Crippen LogP contribution in [-0.4, -0.2) is 0 Å². The predicted molar refractivity (Wildman–Crippen MR) is 85.5 cm³/mol.